The van der Waals surface area contributed by atoms with Crippen molar-refractivity contribution in [2.24, 2.45) is 0 Å². The number of benzene rings is 1. The van der Waals surface area contributed by atoms with Gasteiger partial charge in [0, 0.05) is 17.7 Å². The number of aromatic nitrogens is 1. The molecule has 17 heavy (non-hydrogen) atoms. The quantitative estimate of drug-likeness (QED) is 0.864. The molecular weight excluding hydrogens is 208 g/mol. The van der Waals surface area contributed by atoms with Gasteiger partial charge in [0.2, 0.25) is 0 Å². The molecule has 2 atom stereocenters. The SMILES string of the molecule is Cc1cccc(NC2CC2c2ccccc2)n1. The van der Waals surface area contributed by atoms with E-state index >= 15 is 0 Å². The Morgan fingerprint density at radius 2 is 1.88 bits per heavy atom. The zero-order valence-corrected chi connectivity index (χ0v) is 9.93. The molecule has 1 heterocycles. The van der Waals surface area contributed by atoms with Gasteiger partial charge < -0.3 is 5.32 Å². The first-order valence-electron chi connectivity index (χ1n) is 6.08. The largest absolute Gasteiger partial charge is 0.367 e. The number of hydrogen-bond donors (Lipinski definition) is 1. The molecule has 2 aromatic rings. The Bertz CT molecular complexity index is 507. The van der Waals surface area contributed by atoms with E-state index in [2.05, 4.69) is 40.6 Å². The molecule has 1 aromatic carbocycles. The smallest absolute Gasteiger partial charge is 0.126 e. The Labute approximate surface area is 102 Å². The Hall–Kier alpha value is -1.83. The highest BCUT2D eigenvalue weighted by atomic mass is 15.0. The van der Waals surface area contributed by atoms with E-state index in [-0.39, 0.29) is 0 Å². The number of hydrogen-bond acceptors (Lipinski definition) is 2. The summed E-state index contributed by atoms with van der Waals surface area (Å²) in [7, 11) is 0. The van der Waals surface area contributed by atoms with Gasteiger partial charge in [-0.25, -0.2) is 4.98 Å². The van der Waals surface area contributed by atoms with Crippen molar-refractivity contribution in [1.82, 2.24) is 4.98 Å². The van der Waals surface area contributed by atoms with Crippen LogP contribution in [0.1, 0.15) is 23.6 Å². The van der Waals surface area contributed by atoms with Crippen LogP contribution in [-0.2, 0) is 0 Å². The molecule has 2 unspecified atom stereocenters. The standard InChI is InChI=1S/C15H16N2/c1-11-6-5-9-15(16-11)17-14-10-13(14)12-7-3-2-4-8-12/h2-9,13-14H,10H2,1H3,(H,16,17). The lowest BCUT2D eigenvalue weighted by molar-refractivity contribution is 1.02. The number of rotatable bonds is 3. The van der Waals surface area contributed by atoms with E-state index in [1.54, 1.807) is 0 Å². The third kappa shape index (κ3) is 2.31. The van der Waals surface area contributed by atoms with Gasteiger partial charge in [-0.05, 0) is 31.0 Å². The van der Waals surface area contributed by atoms with Crippen LogP contribution in [0.2, 0.25) is 0 Å². The van der Waals surface area contributed by atoms with Gasteiger partial charge in [-0.1, -0.05) is 36.4 Å². The molecule has 0 amide bonds. The third-order valence-electron chi connectivity index (χ3n) is 3.24. The molecule has 86 valence electrons. The molecule has 1 aliphatic rings. The fraction of sp³-hybridized carbons (Fsp3) is 0.267. The van der Waals surface area contributed by atoms with Gasteiger partial charge in [0.05, 0.1) is 0 Å². The van der Waals surface area contributed by atoms with Crippen molar-refractivity contribution in [2.75, 3.05) is 5.32 Å². The van der Waals surface area contributed by atoms with Gasteiger partial charge in [-0.2, -0.15) is 0 Å². The predicted octanol–water partition coefficient (Wildman–Crippen LogP) is 3.36. The van der Waals surface area contributed by atoms with Crippen molar-refractivity contribution in [1.29, 1.82) is 0 Å². The monoisotopic (exact) mass is 224 g/mol. The summed E-state index contributed by atoms with van der Waals surface area (Å²) in [6.45, 7) is 2.02. The molecule has 0 spiro atoms. The highest BCUT2D eigenvalue weighted by Crippen LogP contribution is 2.42. The molecule has 0 bridgehead atoms. The fourth-order valence-corrected chi connectivity index (χ4v) is 2.24. The first-order valence-corrected chi connectivity index (χ1v) is 6.08. The van der Waals surface area contributed by atoms with Crippen LogP contribution in [0.25, 0.3) is 0 Å². The molecule has 1 aliphatic carbocycles. The van der Waals surface area contributed by atoms with E-state index in [1.165, 1.54) is 12.0 Å². The van der Waals surface area contributed by atoms with Gasteiger partial charge in [-0.15, -0.1) is 0 Å². The Morgan fingerprint density at radius 1 is 1.06 bits per heavy atom. The molecule has 0 radical (unpaired) electrons. The summed E-state index contributed by atoms with van der Waals surface area (Å²) in [5.41, 5.74) is 2.49. The second-order valence-corrected chi connectivity index (χ2v) is 4.67. The number of aryl methyl sites for hydroxylation is 1. The topological polar surface area (TPSA) is 24.9 Å². The van der Waals surface area contributed by atoms with Crippen LogP contribution in [0.15, 0.2) is 48.5 Å². The zero-order chi connectivity index (χ0) is 11.7. The van der Waals surface area contributed by atoms with Crippen LogP contribution in [0, 0.1) is 6.92 Å². The van der Waals surface area contributed by atoms with Crippen molar-refractivity contribution in [2.45, 2.75) is 25.3 Å². The molecule has 0 saturated heterocycles. The minimum Gasteiger partial charge on any atom is -0.367 e. The summed E-state index contributed by atoms with van der Waals surface area (Å²) in [5.74, 6) is 1.65. The average molecular weight is 224 g/mol. The van der Waals surface area contributed by atoms with Crippen molar-refractivity contribution in [3.63, 3.8) is 0 Å². The second kappa shape index (κ2) is 4.21. The van der Waals surface area contributed by atoms with Crippen molar-refractivity contribution >= 4 is 5.82 Å². The first kappa shape index (κ1) is 10.3. The van der Waals surface area contributed by atoms with Gasteiger partial charge in [0.15, 0.2) is 0 Å². The van der Waals surface area contributed by atoms with E-state index in [0.717, 1.165) is 11.5 Å². The van der Waals surface area contributed by atoms with Gasteiger partial charge >= 0.3 is 0 Å². The molecule has 1 saturated carbocycles. The van der Waals surface area contributed by atoms with Crippen LogP contribution in [0.3, 0.4) is 0 Å². The number of nitrogens with one attached hydrogen (secondary N) is 1. The Kier molecular flexibility index (Phi) is 2.56. The number of anilines is 1. The molecule has 3 rings (SSSR count). The molecule has 0 aliphatic heterocycles. The first-order chi connectivity index (χ1) is 8.33. The fourth-order valence-electron chi connectivity index (χ4n) is 2.24. The maximum Gasteiger partial charge on any atom is 0.126 e. The average Bonchev–Trinajstić information content (AvgIpc) is 3.10. The third-order valence-corrected chi connectivity index (χ3v) is 3.24. The molecule has 2 heteroatoms. The molecule has 1 N–H and O–H groups in total. The van der Waals surface area contributed by atoms with E-state index in [1.807, 2.05) is 25.1 Å². The summed E-state index contributed by atoms with van der Waals surface area (Å²) in [5, 5.41) is 3.49. The van der Waals surface area contributed by atoms with Gasteiger partial charge in [0.1, 0.15) is 5.82 Å². The predicted molar refractivity (Wildman–Crippen MR) is 70.2 cm³/mol. The minimum absolute atomic E-state index is 0.548. The molecular formula is C15H16N2. The minimum atomic E-state index is 0.548. The van der Waals surface area contributed by atoms with Crippen LogP contribution in [0.5, 0.6) is 0 Å². The number of pyridine rings is 1. The highest BCUT2D eigenvalue weighted by Gasteiger charge is 2.38. The number of nitrogens with zero attached hydrogens (tertiary/aromatic N) is 1. The van der Waals surface area contributed by atoms with Gasteiger partial charge in [0.25, 0.3) is 0 Å². The highest BCUT2D eigenvalue weighted by molar-refractivity contribution is 5.42. The molecule has 1 fully saturated rings. The summed E-state index contributed by atoms with van der Waals surface area (Å²) in [4.78, 5) is 4.47. The second-order valence-electron chi connectivity index (χ2n) is 4.67. The normalized spacial score (nSPS) is 22.2. The maximum absolute atomic E-state index is 4.47. The van der Waals surface area contributed by atoms with Crippen LogP contribution in [-0.4, -0.2) is 11.0 Å². The van der Waals surface area contributed by atoms with Crippen LogP contribution in [0.4, 0.5) is 5.82 Å². The van der Waals surface area contributed by atoms with E-state index < -0.39 is 0 Å². The van der Waals surface area contributed by atoms with Gasteiger partial charge in [-0.3, -0.25) is 0 Å². The zero-order valence-electron chi connectivity index (χ0n) is 9.93. The van der Waals surface area contributed by atoms with Crippen molar-refractivity contribution < 1.29 is 0 Å². The van der Waals surface area contributed by atoms with E-state index in [4.69, 9.17) is 0 Å². The summed E-state index contributed by atoms with van der Waals surface area (Å²) in [6, 6.07) is 17.3. The van der Waals surface area contributed by atoms with E-state index in [9.17, 15) is 0 Å². The molecule has 2 nitrogen and oxygen atoms in total. The summed E-state index contributed by atoms with van der Waals surface area (Å²) < 4.78 is 0. The van der Waals surface area contributed by atoms with Crippen molar-refractivity contribution in [3.05, 3.63) is 59.8 Å². The summed E-state index contributed by atoms with van der Waals surface area (Å²) in [6.07, 6.45) is 1.21. The van der Waals surface area contributed by atoms with Crippen LogP contribution >= 0.6 is 0 Å². The Balaban J connectivity index is 1.66. The van der Waals surface area contributed by atoms with Crippen LogP contribution < -0.4 is 5.32 Å². The van der Waals surface area contributed by atoms with E-state index in [0.29, 0.717) is 12.0 Å². The lowest BCUT2D eigenvalue weighted by Gasteiger charge is -2.05. The molecule has 1 aromatic heterocycles. The van der Waals surface area contributed by atoms with Crippen molar-refractivity contribution in [3.8, 4) is 0 Å². The Morgan fingerprint density at radius 3 is 2.65 bits per heavy atom. The summed E-state index contributed by atoms with van der Waals surface area (Å²) >= 11 is 0. The lowest BCUT2D eigenvalue weighted by atomic mass is 10.1. The maximum atomic E-state index is 4.47. The lowest BCUT2D eigenvalue weighted by Crippen LogP contribution is -2.05.